The molecule has 1 atom stereocenters. The van der Waals surface area contributed by atoms with Gasteiger partial charge < -0.3 is 14.9 Å². The molecule has 0 aromatic rings. The summed E-state index contributed by atoms with van der Waals surface area (Å²) in [6, 6.07) is -0.0125. The lowest BCUT2D eigenvalue weighted by atomic mass is 10.3. The van der Waals surface area contributed by atoms with Crippen molar-refractivity contribution in [2.24, 2.45) is 0 Å². The Bertz CT molecular complexity index is 163. The van der Waals surface area contributed by atoms with Crippen LogP contribution in [0.2, 0.25) is 0 Å². The molecule has 0 radical (unpaired) electrons. The minimum absolute atomic E-state index is 0. The number of amides is 2. The van der Waals surface area contributed by atoms with E-state index in [2.05, 4.69) is 0 Å². The van der Waals surface area contributed by atoms with Gasteiger partial charge in [0.05, 0.1) is 6.10 Å². The van der Waals surface area contributed by atoms with Crippen LogP contribution in [0.4, 0.5) is 4.79 Å². The Morgan fingerprint density at radius 3 is 2.50 bits per heavy atom. The maximum Gasteiger partial charge on any atom is 0.319 e. The summed E-state index contributed by atoms with van der Waals surface area (Å²) < 4.78 is 0. The van der Waals surface area contributed by atoms with Crippen LogP contribution < -0.4 is 0 Å². The Kier molecular flexibility index (Phi) is 4.34. The lowest BCUT2D eigenvalue weighted by Crippen LogP contribution is -2.37. The van der Waals surface area contributed by atoms with Gasteiger partial charge in [-0.1, -0.05) is 0 Å². The number of hydrogen-bond acceptors (Lipinski definition) is 2. The van der Waals surface area contributed by atoms with E-state index in [4.69, 9.17) is 5.11 Å². The molecule has 1 saturated heterocycles. The Balaban J connectivity index is 0.00000121. The molecule has 1 aliphatic rings. The van der Waals surface area contributed by atoms with E-state index in [1.165, 1.54) is 4.90 Å². The molecule has 1 fully saturated rings. The third-order valence-electron chi connectivity index (χ3n) is 1.82. The summed E-state index contributed by atoms with van der Waals surface area (Å²) in [6.07, 6.45) is 0.387. The fourth-order valence-electron chi connectivity index (χ4n) is 1.20. The first-order valence-electron chi connectivity index (χ1n) is 3.75. The van der Waals surface area contributed by atoms with Crippen molar-refractivity contribution in [3.63, 3.8) is 0 Å². The number of nitrogens with zero attached hydrogens (tertiary/aromatic N) is 2. The first-order valence-corrected chi connectivity index (χ1v) is 3.75. The average molecular weight is 195 g/mol. The highest BCUT2D eigenvalue weighted by molar-refractivity contribution is 5.85. The zero-order chi connectivity index (χ0) is 8.43. The van der Waals surface area contributed by atoms with E-state index >= 15 is 0 Å². The van der Waals surface area contributed by atoms with Crippen molar-refractivity contribution in [2.75, 3.05) is 27.2 Å². The van der Waals surface area contributed by atoms with Crippen LogP contribution in [0.5, 0.6) is 0 Å². The standard InChI is InChI=1S/C7H14N2O2.ClH/c1-8(2)7(11)9-4-3-6(10)5-9;/h6,10H,3-5H2,1-2H3;1H. The van der Waals surface area contributed by atoms with Gasteiger partial charge in [-0.05, 0) is 6.42 Å². The van der Waals surface area contributed by atoms with Crippen molar-refractivity contribution in [3.8, 4) is 0 Å². The summed E-state index contributed by atoms with van der Waals surface area (Å²) >= 11 is 0. The second-order valence-electron chi connectivity index (χ2n) is 3.07. The molecular weight excluding hydrogens is 180 g/mol. The third kappa shape index (κ3) is 2.53. The molecule has 72 valence electrons. The molecule has 1 rings (SSSR count). The van der Waals surface area contributed by atoms with Gasteiger partial charge in [0.1, 0.15) is 0 Å². The van der Waals surface area contributed by atoms with Gasteiger partial charge in [-0.2, -0.15) is 0 Å². The van der Waals surface area contributed by atoms with Crippen LogP contribution in [0.15, 0.2) is 0 Å². The topological polar surface area (TPSA) is 43.8 Å². The Hall–Kier alpha value is -0.480. The van der Waals surface area contributed by atoms with Crippen LogP contribution >= 0.6 is 12.4 Å². The minimum Gasteiger partial charge on any atom is -0.391 e. The van der Waals surface area contributed by atoms with Crippen molar-refractivity contribution >= 4 is 18.4 Å². The number of β-amino-alcohol motifs (C(OH)–C–C–N with tert-alkyl or cyclic N) is 1. The van der Waals surface area contributed by atoms with Gasteiger partial charge in [0, 0.05) is 27.2 Å². The number of aliphatic hydroxyl groups is 1. The van der Waals surface area contributed by atoms with Crippen molar-refractivity contribution in [3.05, 3.63) is 0 Å². The largest absolute Gasteiger partial charge is 0.391 e. The lowest BCUT2D eigenvalue weighted by Gasteiger charge is -2.20. The van der Waals surface area contributed by atoms with Gasteiger partial charge in [0.2, 0.25) is 0 Å². The summed E-state index contributed by atoms with van der Waals surface area (Å²) in [5.74, 6) is 0. The van der Waals surface area contributed by atoms with Gasteiger partial charge in [0.25, 0.3) is 0 Å². The highest BCUT2D eigenvalue weighted by atomic mass is 35.5. The fraction of sp³-hybridized carbons (Fsp3) is 0.857. The van der Waals surface area contributed by atoms with E-state index in [1.807, 2.05) is 0 Å². The molecule has 0 saturated carbocycles. The molecule has 1 unspecified atom stereocenters. The first-order chi connectivity index (χ1) is 5.11. The van der Waals surface area contributed by atoms with Crippen LogP contribution in [-0.2, 0) is 0 Å². The molecule has 0 aromatic heterocycles. The van der Waals surface area contributed by atoms with E-state index in [0.29, 0.717) is 19.5 Å². The van der Waals surface area contributed by atoms with E-state index in [0.717, 1.165) is 0 Å². The van der Waals surface area contributed by atoms with Gasteiger partial charge in [0.15, 0.2) is 0 Å². The number of urea groups is 1. The normalized spacial score (nSPS) is 21.9. The maximum absolute atomic E-state index is 11.2. The Morgan fingerprint density at radius 1 is 1.58 bits per heavy atom. The molecular formula is C7H15ClN2O2. The molecule has 1 heterocycles. The molecule has 0 spiro atoms. The smallest absolute Gasteiger partial charge is 0.319 e. The van der Waals surface area contributed by atoms with Crippen molar-refractivity contribution in [2.45, 2.75) is 12.5 Å². The second kappa shape index (κ2) is 4.52. The van der Waals surface area contributed by atoms with Crippen LogP contribution in [0.1, 0.15) is 6.42 Å². The van der Waals surface area contributed by atoms with Gasteiger partial charge in [-0.25, -0.2) is 4.79 Å². The second-order valence-corrected chi connectivity index (χ2v) is 3.07. The Labute approximate surface area is 78.6 Å². The van der Waals surface area contributed by atoms with Gasteiger partial charge in [-0.3, -0.25) is 0 Å². The first kappa shape index (κ1) is 11.5. The summed E-state index contributed by atoms with van der Waals surface area (Å²) in [5.41, 5.74) is 0. The number of carbonyl (C=O) groups excluding carboxylic acids is 1. The van der Waals surface area contributed by atoms with Crippen LogP contribution in [-0.4, -0.2) is 54.2 Å². The predicted octanol–water partition coefficient (Wildman–Crippen LogP) is 0.156. The SMILES string of the molecule is CN(C)C(=O)N1CCC(O)C1.Cl. The summed E-state index contributed by atoms with van der Waals surface area (Å²) in [6.45, 7) is 1.16. The molecule has 5 heteroatoms. The molecule has 1 N–H and O–H groups in total. The summed E-state index contributed by atoms with van der Waals surface area (Å²) in [5, 5.41) is 9.12. The zero-order valence-electron chi connectivity index (χ0n) is 7.36. The van der Waals surface area contributed by atoms with Crippen LogP contribution in [0, 0.1) is 0 Å². The number of halogens is 1. The highest BCUT2D eigenvalue weighted by Crippen LogP contribution is 2.09. The number of carbonyl (C=O) groups is 1. The quantitative estimate of drug-likeness (QED) is 0.597. The van der Waals surface area contributed by atoms with Gasteiger partial charge in [-0.15, -0.1) is 12.4 Å². The zero-order valence-corrected chi connectivity index (χ0v) is 8.17. The Morgan fingerprint density at radius 2 is 2.17 bits per heavy atom. The number of likely N-dealkylation sites (tertiary alicyclic amines) is 1. The fourth-order valence-corrected chi connectivity index (χ4v) is 1.20. The van der Waals surface area contributed by atoms with Crippen molar-refractivity contribution in [1.82, 2.24) is 9.80 Å². The minimum atomic E-state index is -0.320. The molecule has 0 bridgehead atoms. The molecule has 2 amide bonds. The molecule has 12 heavy (non-hydrogen) atoms. The van der Waals surface area contributed by atoms with E-state index in [1.54, 1.807) is 19.0 Å². The van der Waals surface area contributed by atoms with E-state index < -0.39 is 0 Å². The summed E-state index contributed by atoms with van der Waals surface area (Å²) in [7, 11) is 3.43. The van der Waals surface area contributed by atoms with E-state index in [9.17, 15) is 4.79 Å². The number of hydrogen-bond donors (Lipinski definition) is 1. The van der Waals surface area contributed by atoms with Crippen molar-refractivity contribution in [1.29, 1.82) is 0 Å². The molecule has 4 nitrogen and oxygen atoms in total. The third-order valence-corrected chi connectivity index (χ3v) is 1.82. The van der Waals surface area contributed by atoms with Crippen LogP contribution in [0.25, 0.3) is 0 Å². The average Bonchev–Trinajstić information content (AvgIpc) is 2.34. The van der Waals surface area contributed by atoms with Crippen LogP contribution in [0.3, 0.4) is 0 Å². The predicted molar refractivity (Wildman–Crippen MR) is 48.5 cm³/mol. The lowest BCUT2D eigenvalue weighted by molar-refractivity contribution is 0.158. The van der Waals surface area contributed by atoms with E-state index in [-0.39, 0.29) is 24.5 Å². The van der Waals surface area contributed by atoms with Gasteiger partial charge >= 0.3 is 6.03 Å². The molecule has 0 aromatic carbocycles. The summed E-state index contributed by atoms with van der Waals surface area (Å²) in [4.78, 5) is 14.4. The number of aliphatic hydroxyl groups excluding tert-OH is 1. The highest BCUT2D eigenvalue weighted by Gasteiger charge is 2.25. The maximum atomic E-state index is 11.2. The van der Waals surface area contributed by atoms with Crippen molar-refractivity contribution < 1.29 is 9.90 Å². The number of rotatable bonds is 0. The molecule has 0 aliphatic carbocycles. The monoisotopic (exact) mass is 194 g/mol. The molecule has 1 aliphatic heterocycles.